The number of nitrogens with one attached hydrogen (secondary N) is 1. The van der Waals surface area contributed by atoms with E-state index in [4.69, 9.17) is 4.42 Å². The van der Waals surface area contributed by atoms with Gasteiger partial charge in [0.2, 0.25) is 5.91 Å². The quantitative estimate of drug-likeness (QED) is 0.592. The third kappa shape index (κ3) is 4.68. The Labute approximate surface area is 180 Å². The molecule has 31 heavy (non-hydrogen) atoms. The third-order valence-corrected chi connectivity index (χ3v) is 5.64. The predicted molar refractivity (Wildman–Crippen MR) is 116 cm³/mol. The number of carbonyl (C=O) groups excluding carboxylic acids is 2. The number of hydrogen-bond acceptors (Lipinski definition) is 3. The SMILES string of the molecule is O=C(NC1CCCCC1)C(c1ccccc1)N(C(=O)c1ccco1)c1ccccc1F. The first-order valence-corrected chi connectivity index (χ1v) is 10.6. The van der Waals surface area contributed by atoms with Gasteiger partial charge in [-0.25, -0.2) is 4.39 Å². The fourth-order valence-corrected chi connectivity index (χ4v) is 4.11. The summed E-state index contributed by atoms with van der Waals surface area (Å²) < 4.78 is 20.2. The number of anilines is 1. The lowest BCUT2D eigenvalue weighted by atomic mass is 9.94. The smallest absolute Gasteiger partial charge is 0.295 e. The topological polar surface area (TPSA) is 62.6 Å². The Morgan fingerprint density at radius 3 is 2.32 bits per heavy atom. The Kier molecular flexibility index (Phi) is 6.46. The molecule has 1 N–H and O–H groups in total. The molecule has 1 heterocycles. The lowest BCUT2D eigenvalue weighted by Gasteiger charge is -2.33. The molecular formula is C25H25FN2O3. The van der Waals surface area contributed by atoms with Crippen molar-refractivity contribution in [2.45, 2.75) is 44.2 Å². The highest BCUT2D eigenvalue weighted by atomic mass is 19.1. The molecule has 1 saturated carbocycles. The van der Waals surface area contributed by atoms with Gasteiger partial charge in [0.05, 0.1) is 12.0 Å². The van der Waals surface area contributed by atoms with Crippen molar-refractivity contribution in [3.05, 3.63) is 90.1 Å². The number of amides is 2. The standard InChI is InChI=1S/C25H25FN2O3/c26-20-14-7-8-15-21(20)28(25(30)22-16-9-17-31-22)23(18-10-3-1-4-11-18)24(29)27-19-12-5-2-6-13-19/h1,3-4,7-11,14-17,19,23H,2,5-6,12-13H2,(H,27,29). The van der Waals surface area contributed by atoms with E-state index in [-0.39, 0.29) is 23.4 Å². The summed E-state index contributed by atoms with van der Waals surface area (Å²) in [5.74, 6) is -1.47. The van der Waals surface area contributed by atoms with Crippen LogP contribution in [0, 0.1) is 5.82 Å². The normalized spacial score (nSPS) is 15.3. The molecule has 4 rings (SSSR count). The molecule has 0 spiro atoms. The maximum absolute atomic E-state index is 14.9. The average molecular weight is 420 g/mol. The van der Waals surface area contributed by atoms with Gasteiger partial charge < -0.3 is 9.73 Å². The van der Waals surface area contributed by atoms with Crippen molar-refractivity contribution >= 4 is 17.5 Å². The van der Waals surface area contributed by atoms with E-state index < -0.39 is 17.8 Å². The number of para-hydroxylation sites is 1. The molecule has 1 unspecified atom stereocenters. The van der Waals surface area contributed by atoms with Crippen LogP contribution >= 0.6 is 0 Å². The van der Waals surface area contributed by atoms with Crippen LogP contribution in [0.15, 0.2) is 77.4 Å². The van der Waals surface area contributed by atoms with E-state index in [1.54, 1.807) is 42.5 Å². The minimum absolute atomic E-state index is 0.0246. The molecule has 0 saturated heterocycles. The molecular weight excluding hydrogens is 395 g/mol. The van der Waals surface area contributed by atoms with E-state index >= 15 is 0 Å². The number of nitrogens with zero attached hydrogens (tertiary/aromatic N) is 1. The Hall–Kier alpha value is -3.41. The lowest BCUT2D eigenvalue weighted by molar-refractivity contribution is -0.123. The largest absolute Gasteiger partial charge is 0.459 e. The molecule has 6 heteroatoms. The zero-order chi connectivity index (χ0) is 21.6. The van der Waals surface area contributed by atoms with E-state index in [1.165, 1.54) is 29.4 Å². The molecule has 2 aromatic carbocycles. The summed E-state index contributed by atoms with van der Waals surface area (Å²) >= 11 is 0. The summed E-state index contributed by atoms with van der Waals surface area (Å²) in [5, 5.41) is 3.10. The number of benzene rings is 2. The van der Waals surface area contributed by atoms with Gasteiger partial charge in [0.25, 0.3) is 5.91 Å². The molecule has 1 fully saturated rings. The first-order chi connectivity index (χ1) is 15.1. The molecule has 1 aliphatic carbocycles. The van der Waals surface area contributed by atoms with E-state index in [9.17, 15) is 14.0 Å². The van der Waals surface area contributed by atoms with Crippen LogP contribution in [-0.2, 0) is 4.79 Å². The summed E-state index contributed by atoms with van der Waals surface area (Å²) in [6.07, 6.45) is 6.46. The Bertz CT molecular complexity index is 1010. The molecule has 5 nitrogen and oxygen atoms in total. The van der Waals surface area contributed by atoms with Crippen molar-refractivity contribution in [2.75, 3.05) is 4.90 Å². The zero-order valence-electron chi connectivity index (χ0n) is 17.2. The van der Waals surface area contributed by atoms with Crippen LogP contribution < -0.4 is 10.2 Å². The zero-order valence-corrected chi connectivity index (χ0v) is 17.2. The summed E-state index contributed by atoms with van der Waals surface area (Å²) in [6, 6.07) is 17.1. The number of carbonyl (C=O) groups is 2. The molecule has 160 valence electrons. The van der Waals surface area contributed by atoms with Gasteiger partial charge in [-0.05, 0) is 42.7 Å². The van der Waals surface area contributed by atoms with Gasteiger partial charge in [0, 0.05) is 6.04 Å². The first kappa shape index (κ1) is 20.8. The van der Waals surface area contributed by atoms with Crippen LogP contribution in [0.25, 0.3) is 0 Å². The summed E-state index contributed by atoms with van der Waals surface area (Å²) in [4.78, 5) is 28.2. The minimum atomic E-state index is -1.04. The maximum Gasteiger partial charge on any atom is 0.295 e. The van der Waals surface area contributed by atoms with Crippen molar-refractivity contribution in [3.8, 4) is 0 Å². The van der Waals surface area contributed by atoms with Gasteiger partial charge in [-0.15, -0.1) is 0 Å². The van der Waals surface area contributed by atoms with Gasteiger partial charge in [0.15, 0.2) is 5.76 Å². The van der Waals surface area contributed by atoms with Crippen molar-refractivity contribution in [3.63, 3.8) is 0 Å². The highest BCUT2D eigenvalue weighted by Crippen LogP contribution is 2.32. The maximum atomic E-state index is 14.9. The van der Waals surface area contributed by atoms with Gasteiger partial charge in [-0.3, -0.25) is 14.5 Å². The Balaban J connectivity index is 1.78. The monoisotopic (exact) mass is 420 g/mol. The van der Waals surface area contributed by atoms with E-state index in [2.05, 4.69) is 5.32 Å². The molecule has 3 aromatic rings. The van der Waals surface area contributed by atoms with Gasteiger partial charge >= 0.3 is 0 Å². The van der Waals surface area contributed by atoms with Crippen molar-refractivity contribution in [1.82, 2.24) is 5.32 Å². The molecule has 0 radical (unpaired) electrons. The van der Waals surface area contributed by atoms with Crippen LogP contribution in [0.1, 0.15) is 54.3 Å². The van der Waals surface area contributed by atoms with Crippen LogP contribution in [0.5, 0.6) is 0 Å². The van der Waals surface area contributed by atoms with Gasteiger partial charge in [-0.1, -0.05) is 61.7 Å². The summed E-state index contributed by atoms with van der Waals surface area (Å²) in [7, 11) is 0. The van der Waals surface area contributed by atoms with Crippen molar-refractivity contribution in [1.29, 1.82) is 0 Å². The van der Waals surface area contributed by atoms with Gasteiger partial charge in [0.1, 0.15) is 11.9 Å². The highest BCUT2D eigenvalue weighted by molar-refractivity contribution is 6.08. The summed E-state index contributed by atoms with van der Waals surface area (Å²) in [5.41, 5.74) is 0.621. The van der Waals surface area contributed by atoms with Crippen molar-refractivity contribution < 1.29 is 18.4 Å². The third-order valence-electron chi connectivity index (χ3n) is 5.64. The number of furan rings is 1. The fourth-order valence-electron chi connectivity index (χ4n) is 4.11. The number of halogens is 1. The molecule has 1 aliphatic rings. The lowest BCUT2D eigenvalue weighted by Crippen LogP contribution is -2.47. The van der Waals surface area contributed by atoms with E-state index in [0.29, 0.717) is 5.56 Å². The van der Waals surface area contributed by atoms with Crippen molar-refractivity contribution in [2.24, 2.45) is 0 Å². The van der Waals surface area contributed by atoms with Crippen LogP contribution in [0.2, 0.25) is 0 Å². The van der Waals surface area contributed by atoms with E-state index in [1.807, 2.05) is 6.07 Å². The first-order valence-electron chi connectivity index (χ1n) is 10.6. The minimum Gasteiger partial charge on any atom is -0.459 e. The van der Waals surface area contributed by atoms with Crippen LogP contribution in [-0.4, -0.2) is 17.9 Å². The number of rotatable bonds is 6. The summed E-state index contributed by atoms with van der Waals surface area (Å²) in [6.45, 7) is 0. The molecule has 0 bridgehead atoms. The predicted octanol–water partition coefficient (Wildman–Crippen LogP) is 5.26. The average Bonchev–Trinajstić information content (AvgIpc) is 3.34. The Morgan fingerprint density at radius 2 is 1.65 bits per heavy atom. The highest BCUT2D eigenvalue weighted by Gasteiger charge is 2.36. The second-order valence-electron chi connectivity index (χ2n) is 7.76. The van der Waals surface area contributed by atoms with Crippen LogP contribution in [0.3, 0.4) is 0 Å². The molecule has 1 aromatic heterocycles. The Morgan fingerprint density at radius 1 is 0.935 bits per heavy atom. The van der Waals surface area contributed by atoms with Gasteiger partial charge in [-0.2, -0.15) is 0 Å². The molecule has 2 amide bonds. The van der Waals surface area contributed by atoms with E-state index in [0.717, 1.165) is 32.1 Å². The van der Waals surface area contributed by atoms with Crippen LogP contribution in [0.4, 0.5) is 10.1 Å². The fraction of sp³-hybridized carbons (Fsp3) is 0.280. The molecule has 1 atom stereocenters. The number of hydrogen-bond donors (Lipinski definition) is 1. The second-order valence-corrected chi connectivity index (χ2v) is 7.76. The second kappa shape index (κ2) is 9.60. The molecule has 0 aliphatic heterocycles.